The summed E-state index contributed by atoms with van der Waals surface area (Å²) < 4.78 is 0. The second-order valence-electron chi connectivity index (χ2n) is 7.99. The quantitative estimate of drug-likeness (QED) is 0.841. The van der Waals surface area contributed by atoms with Crippen molar-refractivity contribution >= 4 is 0 Å². The van der Waals surface area contributed by atoms with Gasteiger partial charge in [0.1, 0.15) is 0 Å². The van der Waals surface area contributed by atoms with Crippen LogP contribution in [0.5, 0.6) is 0 Å². The summed E-state index contributed by atoms with van der Waals surface area (Å²) in [5, 5.41) is 3.60. The first-order valence-electron chi connectivity index (χ1n) is 9.07. The molecular formula is C18H37N3. The third-order valence-corrected chi connectivity index (χ3v) is 6.04. The lowest BCUT2D eigenvalue weighted by Crippen LogP contribution is -2.50. The summed E-state index contributed by atoms with van der Waals surface area (Å²) in [7, 11) is 6.63. The maximum atomic E-state index is 3.60. The largest absolute Gasteiger partial charge is 0.317 e. The summed E-state index contributed by atoms with van der Waals surface area (Å²) in [5.74, 6) is 2.63. The van der Waals surface area contributed by atoms with E-state index < -0.39 is 0 Å². The van der Waals surface area contributed by atoms with Gasteiger partial charge in [-0.05, 0) is 77.5 Å². The van der Waals surface area contributed by atoms with Crippen LogP contribution >= 0.6 is 0 Å². The molecule has 0 radical (unpaired) electrons. The van der Waals surface area contributed by atoms with Gasteiger partial charge >= 0.3 is 0 Å². The van der Waals surface area contributed by atoms with Crippen molar-refractivity contribution in [2.75, 3.05) is 40.8 Å². The Morgan fingerprint density at radius 1 is 1.19 bits per heavy atom. The van der Waals surface area contributed by atoms with Crippen LogP contribution in [0.1, 0.15) is 46.0 Å². The smallest absolute Gasteiger partial charge is 0.0217 e. The molecule has 124 valence electrons. The Bertz CT molecular complexity index is 303. The Balaban J connectivity index is 1.91. The van der Waals surface area contributed by atoms with E-state index in [1.165, 1.54) is 51.7 Å². The number of nitrogens with zero attached hydrogens (tertiary/aromatic N) is 2. The molecule has 1 aliphatic carbocycles. The SMILES string of the molecule is CNC1CCC(C(C)C)CC1CN1CCCC(N(C)C)C1. The molecule has 1 saturated carbocycles. The zero-order chi connectivity index (χ0) is 15.4. The predicted octanol–water partition coefficient (Wildman–Crippen LogP) is 2.67. The van der Waals surface area contributed by atoms with Crippen LogP contribution in [-0.4, -0.2) is 62.7 Å². The highest BCUT2D eigenvalue weighted by Gasteiger charge is 2.33. The fourth-order valence-corrected chi connectivity index (χ4v) is 4.44. The number of nitrogens with one attached hydrogen (secondary N) is 1. The molecule has 2 aliphatic rings. The highest BCUT2D eigenvalue weighted by atomic mass is 15.2. The van der Waals surface area contributed by atoms with Gasteiger partial charge < -0.3 is 15.1 Å². The van der Waals surface area contributed by atoms with Gasteiger partial charge in [-0.15, -0.1) is 0 Å². The van der Waals surface area contributed by atoms with Gasteiger partial charge in [0.2, 0.25) is 0 Å². The van der Waals surface area contributed by atoms with Crippen LogP contribution < -0.4 is 5.32 Å². The van der Waals surface area contributed by atoms with Crippen molar-refractivity contribution < 1.29 is 0 Å². The van der Waals surface area contributed by atoms with Gasteiger partial charge in [-0.25, -0.2) is 0 Å². The first-order chi connectivity index (χ1) is 10.0. The van der Waals surface area contributed by atoms with E-state index in [0.29, 0.717) is 0 Å². The lowest BCUT2D eigenvalue weighted by Gasteiger charge is -2.43. The number of hydrogen-bond donors (Lipinski definition) is 1. The molecule has 0 aromatic carbocycles. The molecule has 4 atom stereocenters. The fraction of sp³-hybridized carbons (Fsp3) is 1.00. The van der Waals surface area contributed by atoms with Gasteiger partial charge in [-0.2, -0.15) is 0 Å². The van der Waals surface area contributed by atoms with E-state index in [9.17, 15) is 0 Å². The van der Waals surface area contributed by atoms with Crippen molar-refractivity contribution in [3.63, 3.8) is 0 Å². The van der Waals surface area contributed by atoms with Crippen molar-refractivity contribution in [1.29, 1.82) is 0 Å². The zero-order valence-corrected chi connectivity index (χ0v) is 14.9. The van der Waals surface area contributed by atoms with Crippen LogP contribution in [-0.2, 0) is 0 Å². The standard InChI is InChI=1S/C18H37N3/c1-14(2)15-8-9-18(19-3)16(11-15)12-21-10-6-7-17(13-21)20(4)5/h14-19H,6-13H2,1-5H3. The summed E-state index contributed by atoms with van der Waals surface area (Å²) in [6, 6.07) is 1.50. The molecule has 2 fully saturated rings. The molecule has 0 amide bonds. The Morgan fingerprint density at radius 2 is 1.95 bits per heavy atom. The molecule has 4 unspecified atom stereocenters. The number of rotatable bonds is 5. The number of likely N-dealkylation sites (tertiary alicyclic amines) is 1. The second kappa shape index (κ2) is 7.94. The van der Waals surface area contributed by atoms with E-state index in [1.54, 1.807) is 0 Å². The normalized spacial score (nSPS) is 35.6. The van der Waals surface area contributed by atoms with Gasteiger partial charge in [0.15, 0.2) is 0 Å². The van der Waals surface area contributed by atoms with Crippen LogP contribution in [0.15, 0.2) is 0 Å². The van der Waals surface area contributed by atoms with Crippen molar-refractivity contribution in [2.24, 2.45) is 17.8 Å². The van der Waals surface area contributed by atoms with E-state index in [2.05, 4.69) is 50.1 Å². The Kier molecular flexibility index (Phi) is 6.51. The number of piperidine rings is 1. The van der Waals surface area contributed by atoms with Crippen LogP contribution in [0.3, 0.4) is 0 Å². The molecule has 2 rings (SSSR count). The van der Waals surface area contributed by atoms with Crippen LogP contribution in [0, 0.1) is 17.8 Å². The van der Waals surface area contributed by atoms with E-state index in [1.807, 2.05) is 0 Å². The third-order valence-electron chi connectivity index (χ3n) is 6.04. The average molecular weight is 296 g/mol. The van der Waals surface area contributed by atoms with Gasteiger partial charge in [0, 0.05) is 25.2 Å². The van der Waals surface area contributed by atoms with Crippen LogP contribution in [0.25, 0.3) is 0 Å². The molecule has 1 saturated heterocycles. The first kappa shape index (κ1) is 17.2. The maximum Gasteiger partial charge on any atom is 0.0217 e. The van der Waals surface area contributed by atoms with E-state index in [-0.39, 0.29) is 0 Å². The molecule has 1 N–H and O–H groups in total. The predicted molar refractivity (Wildman–Crippen MR) is 91.7 cm³/mol. The summed E-state index contributed by atoms with van der Waals surface area (Å²) in [4.78, 5) is 5.16. The number of hydrogen-bond acceptors (Lipinski definition) is 3. The van der Waals surface area contributed by atoms with Gasteiger partial charge in [-0.1, -0.05) is 13.8 Å². The minimum absolute atomic E-state index is 0.736. The van der Waals surface area contributed by atoms with Crippen LogP contribution in [0.2, 0.25) is 0 Å². The molecule has 1 heterocycles. The molecule has 0 bridgehead atoms. The fourth-order valence-electron chi connectivity index (χ4n) is 4.44. The molecule has 0 aromatic heterocycles. The minimum Gasteiger partial charge on any atom is -0.317 e. The van der Waals surface area contributed by atoms with E-state index in [4.69, 9.17) is 0 Å². The van der Waals surface area contributed by atoms with Crippen molar-refractivity contribution in [1.82, 2.24) is 15.1 Å². The lowest BCUT2D eigenvalue weighted by atomic mass is 9.73. The van der Waals surface area contributed by atoms with Gasteiger partial charge in [-0.3, -0.25) is 0 Å². The zero-order valence-electron chi connectivity index (χ0n) is 14.9. The third kappa shape index (κ3) is 4.67. The highest BCUT2D eigenvalue weighted by molar-refractivity contribution is 4.88. The molecular weight excluding hydrogens is 258 g/mol. The first-order valence-corrected chi connectivity index (χ1v) is 9.07. The average Bonchev–Trinajstić information content (AvgIpc) is 2.47. The Hall–Kier alpha value is -0.120. The van der Waals surface area contributed by atoms with Gasteiger partial charge in [0.05, 0.1) is 0 Å². The van der Waals surface area contributed by atoms with Crippen LogP contribution in [0.4, 0.5) is 0 Å². The molecule has 1 aliphatic heterocycles. The molecule has 0 spiro atoms. The van der Waals surface area contributed by atoms with Crippen molar-refractivity contribution in [3.05, 3.63) is 0 Å². The molecule has 3 nitrogen and oxygen atoms in total. The van der Waals surface area contributed by atoms with Crippen molar-refractivity contribution in [2.45, 2.75) is 58.0 Å². The molecule has 3 heteroatoms. The van der Waals surface area contributed by atoms with Crippen molar-refractivity contribution in [3.8, 4) is 0 Å². The van der Waals surface area contributed by atoms with Gasteiger partial charge in [0.25, 0.3) is 0 Å². The molecule has 0 aromatic rings. The topological polar surface area (TPSA) is 18.5 Å². The summed E-state index contributed by atoms with van der Waals surface area (Å²) >= 11 is 0. The highest BCUT2D eigenvalue weighted by Crippen LogP contribution is 2.34. The summed E-state index contributed by atoms with van der Waals surface area (Å²) in [5.41, 5.74) is 0. The van der Waals surface area contributed by atoms with E-state index in [0.717, 1.165) is 29.8 Å². The Morgan fingerprint density at radius 3 is 2.57 bits per heavy atom. The number of likely N-dealkylation sites (N-methyl/N-ethyl adjacent to an activating group) is 1. The maximum absolute atomic E-state index is 3.60. The summed E-state index contributed by atoms with van der Waals surface area (Å²) in [6.45, 7) is 8.70. The summed E-state index contributed by atoms with van der Waals surface area (Å²) in [6.07, 6.45) is 6.95. The molecule has 21 heavy (non-hydrogen) atoms. The lowest BCUT2D eigenvalue weighted by molar-refractivity contribution is 0.0830. The monoisotopic (exact) mass is 295 g/mol. The second-order valence-corrected chi connectivity index (χ2v) is 7.99. The minimum atomic E-state index is 0.736. The Labute approximate surface area is 132 Å². The van der Waals surface area contributed by atoms with E-state index >= 15 is 0 Å².